The molecule has 1 atom stereocenters. The van der Waals surface area contributed by atoms with Crippen LogP contribution in [0.1, 0.15) is 53.7 Å². The summed E-state index contributed by atoms with van der Waals surface area (Å²) in [5, 5.41) is 8.66. The molecule has 0 radical (unpaired) electrons. The van der Waals surface area contributed by atoms with Crippen molar-refractivity contribution in [3.05, 3.63) is 140 Å². The van der Waals surface area contributed by atoms with Crippen molar-refractivity contribution < 1.29 is 23.9 Å². The van der Waals surface area contributed by atoms with Gasteiger partial charge in [0.25, 0.3) is 11.8 Å². The number of amides is 3. The molecule has 1 aromatic heterocycles. The first-order chi connectivity index (χ1) is 23.1. The highest BCUT2D eigenvalue weighted by Crippen LogP contribution is 2.40. The third-order valence-electron chi connectivity index (χ3n) is 6.96. The van der Waals surface area contributed by atoms with Gasteiger partial charge >= 0.3 is 5.97 Å². The number of benzene rings is 4. The Morgan fingerprint density at radius 3 is 2.15 bits per heavy atom. The van der Waals surface area contributed by atoms with Crippen LogP contribution in [0.5, 0.6) is 0 Å². The largest absolute Gasteiger partial charge is 0.462 e. The molecule has 0 saturated heterocycles. The SMILES string of the molecule is CCOC(=O)c1c(NC(=O)C(Sc2cccc(NC(=O)c3ccc(Cl)cc3Cl)c2)c2ccccc2)sc(C(=O)Nc2ccccc2)c1C. The first-order valence-corrected chi connectivity index (χ1v) is 17.2. The number of hydrogen-bond donors (Lipinski definition) is 3. The van der Waals surface area contributed by atoms with Gasteiger partial charge in [0.05, 0.1) is 27.6 Å². The minimum absolute atomic E-state index is 0.118. The highest BCUT2D eigenvalue weighted by atomic mass is 35.5. The Hall–Kier alpha value is -4.61. The van der Waals surface area contributed by atoms with E-state index in [1.165, 1.54) is 17.8 Å². The fraction of sp³-hybridized carbons (Fsp3) is 0.111. The first kappa shape index (κ1) is 34.7. The molecule has 0 aliphatic carbocycles. The molecule has 0 spiro atoms. The van der Waals surface area contributed by atoms with Crippen LogP contribution in [0.2, 0.25) is 10.0 Å². The molecule has 1 unspecified atom stereocenters. The maximum Gasteiger partial charge on any atom is 0.341 e. The number of para-hydroxylation sites is 1. The second-order valence-electron chi connectivity index (χ2n) is 10.3. The summed E-state index contributed by atoms with van der Waals surface area (Å²) in [6, 6.07) is 29.8. The van der Waals surface area contributed by atoms with E-state index in [1.807, 2.05) is 42.5 Å². The van der Waals surface area contributed by atoms with Crippen molar-refractivity contribution in [1.82, 2.24) is 0 Å². The Labute approximate surface area is 295 Å². The molecule has 1 heterocycles. The molecule has 0 saturated carbocycles. The quantitative estimate of drug-likeness (QED) is 0.0927. The summed E-state index contributed by atoms with van der Waals surface area (Å²) < 4.78 is 5.30. The van der Waals surface area contributed by atoms with Crippen LogP contribution in [0.3, 0.4) is 0 Å². The smallest absolute Gasteiger partial charge is 0.341 e. The van der Waals surface area contributed by atoms with Crippen molar-refractivity contribution in [3.8, 4) is 0 Å². The highest BCUT2D eigenvalue weighted by Gasteiger charge is 2.30. The zero-order valence-corrected chi connectivity index (χ0v) is 28.9. The van der Waals surface area contributed by atoms with Gasteiger partial charge in [-0.2, -0.15) is 0 Å². The number of ether oxygens (including phenoxy) is 1. The van der Waals surface area contributed by atoms with E-state index in [-0.39, 0.29) is 32.6 Å². The first-order valence-electron chi connectivity index (χ1n) is 14.7. The van der Waals surface area contributed by atoms with Gasteiger partial charge in [0.2, 0.25) is 5.91 Å². The van der Waals surface area contributed by atoms with Crippen LogP contribution in [-0.2, 0) is 9.53 Å². The van der Waals surface area contributed by atoms with Gasteiger partial charge in [-0.25, -0.2) is 4.79 Å². The van der Waals surface area contributed by atoms with Gasteiger partial charge in [-0.1, -0.05) is 77.8 Å². The van der Waals surface area contributed by atoms with Crippen molar-refractivity contribution in [2.45, 2.75) is 24.0 Å². The van der Waals surface area contributed by atoms with Crippen molar-refractivity contribution in [2.75, 3.05) is 22.6 Å². The standard InChI is InChI=1S/C36H29Cl2N3O5S2/c1-3-46-36(45)29-21(2)30(33(43)39-24-13-8-5-9-14-24)48-35(29)41-34(44)31(22-11-6-4-7-12-22)47-26-16-10-15-25(20-26)40-32(42)27-18-17-23(37)19-28(27)38/h4-20,31H,3H2,1-2H3,(H,39,43)(H,40,42)(H,41,44). The molecule has 12 heteroatoms. The number of anilines is 3. The number of thiophene rings is 1. The van der Waals surface area contributed by atoms with Crippen molar-refractivity contribution in [2.24, 2.45) is 0 Å². The molecule has 0 aliphatic rings. The van der Waals surface area contributed by atoms with Gasteiger partial charge in [-0.15, -0.1) is 23.1 Å². The summed E-state index contributed by atoms with van der Waals surface area (Å²) >= 11 is 14.5. The van der Waals surface area contributed by atoms with Crippen molar-refractivity contribution in [1.29, 1.82) is 0 Å². The van der Waals surface area contributed by atoms with E-state index < -0.39 is 28.9 Å². The fourth-order valence-corrected chi connectivity index (χ4v) is 7.38. The molecule has 0 aliphatic heterocycles. The van der Waals surface area contributed by atoms with Crippen molar-refractivity contribution >= 4 is 86.4 Å². The molecule has 0 fully saturated rings. The molecular weight excluding hydrogens is 689 g/mol. The summed E-state index contributed by atoms with van der Waals surface area (Å²) in [4.78, 5) is 54.4. The maximum atomic E-state index is 14.1. The van der Waals surface area contributed by atoms with E-state index in [4.69, 9.17) is 27.9 Å². The molecule has 244 valence electrons. The van der Waals surface area contributed by atoms with Crippen molar-refractivity contribution in [3.63, 3.8) is 0 Å². The zero-order chi connectivity index (χ0) is 34.2. The summed E-state index contributed by atoms with van der Waals surface area (Å²) in [6.45, 7) is 3.45. The van der Waals surface area contributed by atoms with Gasteiger partial charge in [0.15, 0.2) is 0 Å². The van der Waals surface area contributed by atoms with Crippen LogP contribution < -0.4 is 16.0 Å². The number of esters is 1. The second kappa shape index (κ2) is 16.0. The number of carbonyl (C=O) groups excluding carboxylic acids is 4. The Morgan fingerprint density at radius 1 is 0.792 bits per heavy atom. The predicted octanol–water partition coefficient (Wildman–Crippen LogP) is 9.52. The molecule has 48 heavy (non-hydrogen) atoms. The van der Waals surface area contributed by atoms with Gasteiger partial charge in [-0.3, -0.25) is 14.4 Å². The third-order valence-corrected chi connectivity index (χ3v) is 9.96. The number of rotatable bonds is 11. The summed E-state index contributed by atoms with van der Waals surface area (Å²) in [5.74, 6) is -1.89. The van der Waals surface area contributed by atoms with Gasteiger partial charge in [0.1, 0.15) is 10.3 Å². The zero-order valence-electron chi connectivity index (χ0n) is 25.7. The average molecular weight is 719 g/mol. The van der Waals surface area contributed by atoms with Gasteiger partial charge in [0, 0.05) is 21.3 Å². The Morgan fingerprint density at radius 2 is 1.46 bits per heavy atom. The third kappa shape index (κ3) is 8.45. The Balaban J connectivity index is 1.42. The molecule has 5 rings (SSSR count). The number of nitrogens with one attached hydrogen (secondary N) is 3. The summed E-state index contributed by atoms with van der Waals surface area (Å²) in [7, 11) is 0. The monoisotopic (exact) mass is 717 g/mol. The van der Waals surface area contributed by atoms with E-state index in [2.05, 4.69) is 16.0 Å². The molecule has 5 aromatic rings. The molecular formula is C36H29Cl2N3O5S2. The van der Waals surface area contributed by atoms with Crippen LogP contribution in [-0.4, -0.2) is 30.3 Å². The summed E-state index contributed by atoms with van der Waals surface area (Å²) in [6.07, 6.45) is 0. The van der Waals surface area contributed by atoms with Gasteiger partial charge < -0.3 is 20.7 Å². The van der Waals surface area contributed by atoms with E-state index >= 15 is 0 Å². The second-order valence-corrected chi connectivity index (χ2v) is 13.3. The van der Waals surface area contributed by atoms with E-state index in [1.54, 1.807) is 68.4 Å². The minimum atomic E-state index is -0.776. The maximum absolute atomic E-state index is 14.1. The topological polar surface area (TPSA) is 114 Å². The molecule has 3 N–H and O–H groups in total. The fourth-order valence-electron chi connectivity index (χ4n) is 4.71. The molecule has 0 bridgehead atoms. The molecule has 8 nitrogen and oxygen atoms in total. The Bertz CT molecular complexity index is 1970. The number of halogens is 2. The van der Waals surface area contributed by atoms with E-state index in [0.717, 1.165) is 11.3 Å². The Kier molecular flexibility index (Phi) is 11.6. The molecule has 4 aromatic carbocycles. The predicted molar refractivity (Wildman–Crippen MR) is 194 cm³/mol. The number of hydrogen-bond acceptors (Lipinski definition) is 7. The van der Waals surface area contributed by atoms with E-state index in [0.29, 0.717) is 32.4 Å². The lowest BCUT2D eigenvalue weighted by Crippen LogP contribution is -2.20. The lowest BCUT2D eigenvalue weighted by Gasteiger charge is -2.18. The lowest BCUT2D eigenvalue weighted by atomic mass is 10.1. The van der Waals surface area contributed by atoms with Crippen LogP contribution >= 0.6 is 46.3 Å². The van der Waals surface area contributed by atoms with Crippen LogP contribution in [0.15, 0.2) is 108 Å². The van der Waals surface area contributed by atoms with E-state index in [9.17, 15) is 19.2 Å². The molecule has 3 amide bonds. The highest BCUT2D eigenvalue weighted by molar-refractivity contribution is 8.00. The van der Waals surface area contributed by atoms with Crippen LogP contribution in [0.25, 0.3) is 0 Å². The number of carbonyl (C=O) groups is 4. The number of thioether (sulfide) groups is 1. The minimum Gasteiger partial charge on any atom is -0.462 e. The summed E-state index contributed by atoms with van der Waals surface area (Å²) in [5.41, 5.74) is 2.58. The van der Waals surface area contributed by atoms with Gasteiger partial charge in [-0.05, 0) is 73.5 Å². The average Bonchev–Trinajstić information content (AvgIpc) is 3.40. The lowest BCUT2D eigenvalue weighted by molar-refractivity contribution is -0.115. The van der Waals surface area contributed by atoms with Crippen LogP contribution in [0, 0.1) is 6.92 Å². The normalized spacial score (nSPS) is 11.3. The van der Waals surface area contributed by atoms with Crippen LogP contribution in [0.4, 0.5) is 16.4 Å².